The predicted molar refractivity (Wildman–Crippen MR) is 78.3 cm³/mol. The maximum atomic E-state index is 12.2. The van der Waals surface area contributed by atoms with Crippen LogP contribution in [0, 0.1) is 5.92 Å². The molecular weight excluding hydrogens is 254 g/mol. The molecule has 2 unspecified atom stereocenters. The van der Waals surface area contributed by atoms with E-state index < -0.39 is 0 Å². The number of rotatable bonds is 4. The molecule has 1 aliphatic rings. The number of piperidine rings is 1. The van der Waals surface area contributed by atoms with Crippen LogP contribution in [0.2, 0.25) is 0 Å². The van der Waals surface area contributed by atoms with E-state index in [9.17, 15) is 4.79 Å². The van der Waals surface area contributed by atoms with Gasteiger partial charge in [0.15, 0.2) is 5.82 Å². The van der Waals surface area contributed by atoms with Gasteiger partial charge in [0.1, 0.15) is 0 Å². The van der Waals surface area contributed by atoms with Crippen molar-refractivity contribution in [1.29, 1.82) is 0 Å². The third-order valence-corrected chi connectivity index (χ3v) is 3.95. The van der Waals surface area contributed by atoms with Crippen LogP contribution in [0.3, 0.4) is 0 Å². The van der Waals surface area contributed by atoms with Crippen LogP contribution >= 0.6 is 0 Å². The number of aromatic nitrogens is 2. The first-order valence-corrected chi connectivity index (χ1v) is 7.13. The summed E-state index contributed by atoms with van der Waals surface area (Å²) in [6, 6.07) is 4.06. The first-order valence-electron chi connectivity index (χ1n) is 7.13. The van der Waals surface area contributed by atoms with Gasteiger partial charge < -0.3 is 15.5 Å². The lowest BCUT2D eigenvalue weighted by atomic mass is 10.0. The van der Waals surface area contributed by atoms with Crippen molar-refractivity contribution < 1.29 is 4.79 Å². The number of carbonyl (C=O) groups is 1. The highest BCUT2D eigenvalue weighted by Gasteiger charge is 2.28. The molecular formula is C14H23N5O. The van der Waals surface area contributed by atoms with Gasteiger partial charge in [0.2, 0.25) is 5.91 Å². The average Bonchev–Trinajstić information content (AvgIpc) is 2.53. The van der Waals surface area contributed by atoms with Crippen molar-refractivity contribution in [3.63, 3.8) is 0 Å². The molecule has 0 saturated carbocycles. The quantitative estimate of drug-likeness (QED) is 0.867. The van der Waals surface area contributed by atoms with Crippen molar-refractivity contribution >= 4 is 11.7 Å². The third kappa shape index (κ3) is 3.25. The molecule has 1 fully saturated rings. The largest absolute Gasteiger partial charge is 0.353 e. The number of nitrogens with zero attached hydrogens (tertiary/aromatic N) is 4. The molecule has 2 rings (SSSR count). The van der Waals surface area contributed by atoms with Gasteiger partial charge in [0.05, 0.1) is 0 Å². The lowest BCUT2D eigenvalue weighted by Gasteiger charge is -2.38. The zero-order chi connectivity index (χ0) is 14.5. The number of hydrogen-bond acceptors (Lipinski definition) is 5. The van der Waals surface area contributed by atoms with Crippen molar-refractivity contribution in [1.82, 2.24) is 15.1 Å². The van der Waals surface area contributed by atoms with E-state index in [-0.39, 0.29) is 17.9 Å². The van der Waals surface area contributed by atoms with E-state index in [0.29, 0.717) is 6.54 Å². The van der Waals surface area contributed by atoms with Gasteiger partial charge in [-0.05, 0) is 25.0 Å². The summed E-state index contributed by atoms with van der Waals surface area (Å²) in [4.78, 5) is 16.3. The highest BCUT2D eigenvalue weighted by atomic mass is 16.2. The molecule has 1 aromatic rings. The molecule has 0 aliphatic carbocycles. The normalized spacial score (nSPS) is 20.6. The Labute approximate surface area is 120 Å². The van der Waals surface area contributed by atoms with Crippen LogP contribution in [0.15, 0.2) is 18.3 Å². The molecule has 1 amide bonds. The number of nitrogens with two attached hydrogens (primary N) is 1. The summed E-state index contributed by atoms with van der Waals surface area (Å²) in [5.74, 6) is 0.885. The number of hydrogen-bond donors (Lipinski definition) is 1. The van der Waals surface area contributed by atoms with Crippen molar-refractivity contribution in [3.8, 4) is 0 Å². The van der Waals surface area contributed by atoms with Crippen molar-refractivity contribution in [2.24, 2.45) is 11.7 Å². The molecule has 20 heavy (non-hydrogen) atoms. The summed E-state index contributed by atoms with van der Waals surface area (Å²) in [6.07, 6.45) is 3.75. The minimum absolute atomic E-state index is 0.119. The molecule has 110 valence electrons. The molecule has 1 aromatic heterocycles. The maximum absolute atomic E-state index is 12.2. The Morgan fingerprint density at radius 2 is 2.45 bits per heavy atom. The fourth-order valence-electron chi connectivity index (χ4n) is 2.57. The molecule has 0 spiro atoms. The second-order valence-corrected chi connectivity index (χ2v) is 5.41. The topological polar surface area (TPSA) is 75.4 Å². The van der Waals surface area contributed by atoms with E-state index in [1.807, 2.05) is 31.0 Å². The van der Waals surface area contributed by atoms with Crippen molar-refractivity contribution in [2.75, 3.05) is 31.6 Å². The van der Waals surface area contributed by atoms with E-state index in [0.717, 1.165) is 31.7 Å². The van der Waals surface area contributed by atoms with E-state index in [4.69, 9.17) is 5.73 Å². The van der Waals surface area contributed by atoms with Gasteiger partial charge in [-0.1, -0.05) is 6.92 Å². The van der Waals surface area contributed by atoms with Gasteiger partial charge in [-0.15, -0.1) is 5.10 Å². The van der Waals surface area contributed by atoms with Crippen LogP contribution in [0.5, 0.6) is 0 Å². The monoisotopic (exact) mass is 277 g/mol. The first-order chi connectivity index (χ1) is 9.63. The van der Waals surface area contributed by atoms with Crippen LogP contribution in [-0.4, -0.2) is 53.7 Å². The minimum atomic E-state index is -0.119. The number of likely N-dealkylation sites (N-methyl/N-ethyl adjacent to an activating group) is 1. The molecule has 1 saturated heterocycles. The predicted octanol–water partition coefficient (Wildman–Crippen LogP) is 0.499. The van der Waals surface area contributed by atoms with Gasteiger partial charge in [-0.2, -0.15) is 5.10 Å². The Morgan fingerprint density at radius 1 is 1.65 bits per heavy atom. The molecule has 2 N–H and O–H groups in total. The molecule has 2 heterocycles. The molecule has 2 atom stereocenters. The van der Waals surface area contributed by atoms with Crippen LogP contribution in [0.4, 0.5) is 5.82 Å². The van der Waals surface area contributed by atoms with Gasteiger partial charge in [0.25, 0.3) is 0 Å². The Morgan fingerprint density at radius 3 is 3.10 bits per heavy atom. The summed E-state index contributed by atoms with van der Waals surface area (Å²) < 4.78 is 0. The molecule has 6 nitrogen and oxygen atoms in total. The Bertz CT molecular complexity index is 438. The molecule has 0 aromatic carbocycles. The van der Waals surface area contributed by atoms with Gasteiger partial charge in [0, 0.05) is 44.8 Å². The Hall–Kier alpha value is -1.69. The third-order valence-electron chi connectivity index (χ3n) is 3.95. The van der Waals surface area contributed by atoms with E-state index in [1.165, 1.54) is 0 Å². The lowest BCUT2D eigenvalue weighted by Crippen LogP contribution is -2.50. The summed E-state index contributed by atoms with van der Waals surface area (Å²) in [6.45, 7) is 4.04. The summed E-state index contributed by atoms with van der Waals surface area (Å²) >= 11 is 0. The SMILES string of the molecule is CC(CN)C(=O)N(C)C1CCCN(c2cccnn2)C1. The zero-order valence-electron chi connectivity index (χ0n) is 12.2. The molecule has 0 radical (unpaired) electrons. The fraction of sp³-hybridized carbons (Fsp3) is 0.643. The highest BCUT2D eigenvalue weighted by molar-refractivity contribution is 5.78. The summed E-state index contributed by atoms with van der Waals surface area (Å²) in [5, 5.41) is 8.06. The summed E-state index contributed by atoms with van der Waals surface area (Å²) in [7, 11) is 1.87. The van der Waals surface area contributed by atoms with Crippen molar-refractivity contribution in [2.45, 2.75) is 25.8 Å². The van der Waals surface area contributed by atoms with Gasteiger partial charge >= 0.3 is 0 Å². The Balaban J connectivity index is 2.02. The second-order valence-electron chi connectivity index (χ2n) is 5.41. The van der Waals surface area contributed by atoms with Crippen LogP contribution in [-0.2, 0) is 4.79 Å². The van der Waals surface area contributed by atoms with E-state index in [1.54, 1.807) is 6.20 Å². The number of anilines is 1. The van der Waals surface area contributed by atoms with E-state index in [2.05, 4.69) is 15.1 Å². The second kappa shape index (κ2) is 6.65. The molecule has 1 aliphatic heterocycles. The number of carbonyl (C=O) groups excluding carboxylic acids is 1. The van der Waals surface area contributed by atoms with E-state index >= 15 is 0 Å². The van der Waals surface area contributed by atoms with Crippen LogP contribution in [0.25, 0.3) is 0 Å². The smallest absolute Gasteiger partial charge is 0.226 e. The standard InChI is InChI=1S/C14H23N5O/c1-11(9-15)14(20)18(2)12-5-4-8-19(10-12)13-6-3-7-16-17-13/h3,6-7,11-12H,4-5,8-10,15H2,1-2H3. The van der Waals surface area contributed by atoms with Crippen molar-refractivity contribution in [3.05, 3.63) is 18.3 Å². The fourth-order valence-corrected chi connectivity index (χ4v) is 2.57. The minimum Gasteiger partial charge on any atom is -0.353 e. The molecule has 6 heteroatoms. The van der Waals surface area contributed by atoms with Crippen LogP contribution in [0.1, 0.15) is 19.8 Å². The van der Waals surface area contributed by atoms with Gasteiger partial charge in [-0.25, -0.2) is 0 Å². The summed E-state index contributed by atoms with van der Waals surface area (Å²) in [5.41, 5.74) is 5.58. The average molecular weight is 277 g/mol. The Kier molecular flexibility index (Phi) is 4.89. The highest BCUT2D eigenvalue weighted by Crippen LogP contribution is 2.20. The maximum Gasteiger partial charge on any atom is 0.226 e. The zero-order valence-corrected chi connectivity index (χ0v) is 12.2. The number of amides is 1. The van der Waals surface area contributed by atoms with Crippen LogP contribution < -0.4 is 10.6 Å². The lowest BCUT2D eigenvalue weighted by molar-refractivity contribution is -0.135. The molecule has 0 bridgehead atoms. The van der Waals surface area contributed by atoms with Gasteiger partial charge in [-0.3, -0.25) is 4.79 Å². The first kappa shape index (κ1) is 14.7.